The Labute approximate surface area is 132 Å². The summed E-state index contributed by atoms with van der Waals surface area (Å²) in [5.74, 6) is 0.00499. The van der Waals surface area contributed by atoms with E-state index in [9.17, 15) is 9.59 Å². The Morgan fingerprint density at radius 2 is 2.33 bits per heavy atom. The van der Waals surface area contributed by atoms with Crippen LogP contribution in [0.25, 0.3) is 6.08 Å². The molecule has 21 heavy (non-hydrogen) atoms. The van der Waals surface area contributed by atoms with Gasteiger partial charge in [0, 0.05) is 17.4 Å². The molecule has 1 aliphatic carbocycles. The van der Waals surface area contributed by atoms with Crippen molar-refractivity contribution in [1.29, 1.82) is 0 Å². The van der Waals surface area contributed by atoms with Gasteiger partial charge in [-0.2, -0.15) is 11.8 Å². The second kappa shape index (κ2) is 7.66. The van der Waals surface area contributed by atoms with Crippen molar-refractivity contribution in [1.82, 2.24) is 5.32 Å². The SMILES string of the molecule is CCSC1CCC(NC(=O)c2sccc2/C=C/C(=O)O)C1. The zero-order valence-electron chi connectivity index (χ0n) is 11.9. The van der Waals surface area contributed by atoms with Gasteiger partial charge < -0.3 is 10.4 Å². The summed E-state index contributed by atoms with van der Waals surface area (Å²) in [5.41, 5.74) is 0.664. The van der Waals surface area contributed by atoms with Crippen molar-refractivity contribution in [2.45, 2.75) is 37.5 Å². The summed E-state index contributed by atoms with van der Waals surface area (Å²) < 4.78 is 0. The summed E-state index contributed by atoms with van der Waals surface area (Å²) in [4.78, 5) is 23.5. The molecule has 1 heterocycles. The van der Waals surface area contributed by atoms with E-state index >= 15 is 0 Å². The monoisotopic (exact) mass is 325 g/mol. The Balaban J connectivity index is 1.95. The second-order valence-electron chi connectivity index (χ2n) is 4.94. The molecule has 6 heteroatoms. The number of thioether (sulfide) groups is 1. The molecular weight excluding hydrogens is 306 g/mol. The summed E-state index contributed by atoms with van der Waals surface area (Å²) in [6, 6.07) is 2.00. The molecular formula is C15H19NO3S2. The van der Waals surface area contributed by atoms with Gasteiger partial charge in [-0.1, -0.05) is 6.92 Å². The van der Waals surface area contributed by atoms with Crippen LogP contribution in [0.15, 0.2) is 17.5 Å². The Hall–Kier alpha value is -1.27. The van der Waals surface area contributed by atoms with Crippen LogP contribution in [0.3, 0.4) is 0 Å². The lowest BCUT2D eigenvalue weighted by Crippen LogP contribution is -2.32. The van der Waals surface area contributed by atoms with E-state index in [0.717, 1.165) is 31.1 Å². The van der Waals surface area contributed by atoms with Gasteiger partial charge in [-0.15, -0.1) is 11.3 Å². The minimum atomic E-state index is -1.01. The van der Waals surface area contributed by atoms with Gasteiger partial charge in [0.05, 0.1) is 4.88 Å². The lowest BCUT2D eigenvalue weighted by atomic mass is 10.2. The number of carboxylic acids is 1. The number of amides is 1. The minimum absolute atomic E-state index is 0.0952. The van der Waals surface area contributed by atoms with E-state index in [4.69, 9.17) is 5.11 Å². The Morgan fingerprint density at radius 1 is 1.52 bits per heavy atom. The highest BCUT2D eigenvalue weighted by atomic mass is 32.2. The van der Waals surface area contributed by atoms with Crippen LogP contribution in [-0.4, -0.2) is 34.0 Å². The molecule has 0 radical (unpaired) electrons. The number of thiophene rings is 1. The van der Waals surface area contributed by atoms with Gasteiger partial charge in [0.2, 0.25) is 0 Å². The zero-order valence-corrected chi connectivity index (χ0v) is 13.5. The summed E-state index contributed by atoms with van der Waals surface area (Å²) in [6.07, 6.45) is 5.73. The number of nitrogens with one attached hydrogen (secondary N) is 1. The van der Waals surface area contributed by atoms with Crippen molar-refractivity contribution < 1.29 is 14.7 Å². The van der Waals surface area contributed by atoms with Crippen LogP contribution < -0.4 is 5.32 Å². The van der Waals surface area contributed by atoms with E-state index in [0.29, 0.717) is 15.7 Å². The maximum absolute atomic E-state index is 12.3. The normalized spacial score (nSPS) is 21.8. The highest BCUT2D eigenvalue weighted by Gasteiger charge is 2.26. The molecule has 0 aromatic carbocycles. The number of carboxylic acid groups (broad SMARTS) is 1. The van der Waals surface area contributed by atoms with Crippen LogP contribution in [0.4, 0.5) is 0 Å². The molecule has 2 unspecified atom stereocenters. The van der Waals surface area contributed by atoms with Gasteiger partial charge in [-0.3, -0.25) is 4.79 Å². The van der Waals surface area contributed by atoms with Crippen molar-refractivity contribution in [3.05, 3.63) is 28.0 Å². The number of hydrogen-bond donors (Lipinski definition) is 2. The first-order valence-corrected chi connectivity index (χ1v) is 8.94. The Kier molecular flexibility index (Phi) is 5.87. The van der Waals surface area contributed by atoms with E-state index in [1.165, 1.54) is 17.4 Å². The van der Waals surface area contributed by atoms with Crippen LogP contribution in [0, 0.1) is 0 Å². The molecule has 0 aliphatic heterocycles. The third kappa shape index (κ3) is 4.61. The molecule has 0 saturated heterocycles. The molecule has 0 spiro atoms. The van der Waals surface area contributed by atoms with Crippen LogP contribution >= 0.6 is 23.1 Å². The van der Waals surface area contributed by atoms with Crippen molar-refractivity contribution in [3.8, 4) is 0 Å². The predicted octanol–water partition coefficient (Wildman–Crippen LogP) is 3.25. The Bertz CT molecular complexity index is 539. The van der Waals surface area contributed by atoms with Crippen molar-refractivity contribution in [2.75, 3.05) is 5.75 Å². The quantitative estimate of drug-likeness (QED) is 0.788. The predicted molar refractivity (Wildman–Crippen MR) is 88.0 cm³/mol. The summed E-state index contributed by atoms with van der Waals surface area (Å²) in [6.45, 7) is 2.16. The maximum atomic E-state index is 12.3. The molecule has 4 nitrogen and oxygen atoms in total. The fourth-order valence-electron chi connectivity index (χ4n) is 2.51. The number of hydrogen-bond acceptors (Lipinski definition) is 4. The lowest BCUT2D eigenvalue weighted by molar-refractivity contribution is -0.131. The Morgan fingerprint density at radius 3 is 3.05 bits per heavy atom. The van der Waals surface area contributed by atoms with Gasteiger partial charge in [-0.25, -0.2) is 4.79 Å². The number of rotatable bonds is 6. The van der Waals surface area contributed by atoms with Crippen LogP contribution in [0.1, 0.15) is 41.4 Å². The summed E-state index contributed by atoms with van der Waals surface area (Å²) >= 11 is 3.30. The van der Waals surface area contributed by atoms with Crippen LogP contribution in [0.5, 0.6) is 0 Å². The maximum Gasteiger partial charge on any atom is 0.328 e. The first kappa shape index (κ1) is 16.1. The zero-order chi connectivity index (χ0) is 15.2. The van der Waals surface area contributed by atoms with Gasteiger partial charge in [-0.05, 0) is 48.1 Å². The topological polar surface area (TPSA) is 66.4 Å². The third-order valence-corrected chi connectivity index (χ3v) is 5.59. The van der Waals surface area contributed by atoms with Crippen molar-refractivity contribution in [2.24, 2.45) is 0 Å². The highest BCUT2D eigenvalue weighted by Crippen LogP contribution is 2.30. The number of aliphatic carboxylic acids is 1. The van der Waals surface area contributed by atoms with E-state index < -0.39 is 5.97 Å². The van der Waals surface area contributed by atoms with E-state index in [-0.39, 0.29) is 11.9 Å². The second-order valence-corrected chi connectivity index (χ2v) is 7.43. The summed E-state index contributed by atoms with van der Waals surface area (Å²) in [7, 11) is 0. The van der Waals surface area contributed by atoms with Crippen molar-refractivity contribution >= 4 is 41.1 Å². The fraction of sp³-hybridized carbons (Fsp3) is 0.467. The molecule has 1 aromatic heterocycles. The van der Waals surface area contributed by atoms with E-state index in [1.54, 1.807) is 11.4 Å². The standard InChI is InChI=1S/C15H19NO3S2/c1-2-20-12-5-4-11(9-12)16-15(19)14-10(7-8-21-14)3-6-13(17)18/h3,6-8,11-12H,2,4-5,9H2,1H3,(H,16,19)(H,17,18)/b6-3+. The smallest absolute Gasteiger partial charge is 0.328 e. The number of carbonyl (C=O) groups is 2. The van der Waals surface area contributed by atoms with Crippen LogP contribution in [-0.2, 0) is 4.79 Å². The molecule has 2 atom stereocenters. The molecule has 1 saturated carbocycles. The number of carbonyl (C=O) groups excluding carboxylic acids is 1. The van der Waals surface area contributed by atoms with Crippen LogP contribution in [0.2, 0.25) is 0 Å². The first-order valence-electron chi connectivity index (χ1n) is 7.01. The van der Waals surface area contributed by atoms with Gasteiger partial charge >= 0.3 is 5.97 Å². The summed E-state index contributed by atoms with van der Waals surface area (Å²) in [5, 5.41) is 14.2. The van der Waals surface area contributed by atoms with E-state index in [1.807, 2.05) is 11.8 Å². The molecule has 2 rings (SSSR count). The average Bonchev–Trinajstić information content (AvgIpc) is 3.06. The minimum Gasteiger partial charge on any atom is -0.478 e. The van der Waals surface area contributed by atoms with Gasteiger partial charge in [0.1, 0.15) is 0 Å². The highest BCUT2D eigenvalue weighted by molar-refractivity contribution is 7.99. The van der Waals surface area contributed by atoms with Gasteiger partial charge in [0.25, 0.3) is 5.91 Å². The van der Waals surface area contributed by atoms with Crippen molar-refractivity contribution in [3.63, 3.8) is 0 Å². The molecule has 1 aromatic rings. The largest absolute Gasteiger partial charge is 0.478 e. The molecule has 1 amide bonds. The molecule has 114 valence electrons. The third-order valence-electron chi connectivity index (χ3n) is 3.43. The van der Waals surface area contributed by atoms with E-state index in [2.05, 4.69) is 12.2 Å². The van der Waals surface area contributed by atoms with Gasteiger partial charge in [0.15, 0.2) is 0 Å². The molecule has 2 N–H and O–H groups in total. The fourth-order valence-corrected chi connectivity index (χ4v) is 4.44. The molecule has 0 bridgehead atoms. The first-order chi connectivity index (χ1) is 10.1. The molecule has 1 aliphatic rings. The molecule has 1 fully saturated rings. The lowest BCUT2D eigenvalue weighted by Gasteiger charge is -2.12. The average molecular weight is 325 g/mol.